The van der Waals surface area contributed by atoms with Crippen LogP contribution >= 0.6 is 0 Å². The quantitative estimate of drug-likeness (QED) is 0.778. The lowest BCUT2D eigenvalue weighted by atomic mass is 10.3. The van der Waals surface area contributed by atoms with Crippen LogP contribution < -0.4 is 0 Å². The maximum Gasteiger partial charge on any atom is 0.343 e. The largest absolute Gasteiger partial charge is 0.456 e. The zero-order valence-electron chi connectivity index (χ0n) is 10.7. The van der Waals surface area contributed by atoms with E-state index in [0.717, 1.165) is 6.42 Å². The first-order chi connectivity index (χ1) is 9.25. The molecule has 0 saturated carbocycles. The first-order valence-electron chi connectivity index (χ1n) is 6.20. The summed E-state index contributed by atoms with van der Waals surface area (Å²) in [6, 6.07) is 3.79. The Hall–Kier alpha value is -2.08. The van der Waals surface area contributed by atoms with Gasteiger partial charge in [0, 0.05) is 25.9 Å². The van der Waals surface area contributed by atoms with Crippen molar-refractivity contribution in [3.63, 3.8) is 0 Å². The Morgan fingerprint density at radius 1 is 1.47 bits per heavy atom. The van der Waals surface area contributed by atoms with Crippen LogP contribution in [0.2, 0.25) is 0 Å². The van der Waals surface area contributed by atoms with E-state index in [1.807, 2.05) is 29.1 Å². The number of aryl methyl sites for hydroxylation is 1. The van der Waals surface area contributed by atoms with Crippen LogP contribution in [-0.4, -0.2) is 39.6 Å². The lowest BCUT2D eigenvalue weighted by molar-refractivity contribution is 0.0270. The number of aromatic nitrogens is 3. The SMILES string of the molecule is Cn1ncc(C(=O)O[C@@H]2CCOC2)c1-n1cccc1. The van der Waals surface area contributed by atoms with E-state index < -0.39 is 0 Å². The fourth-order valence-corrected chi connectivity index (χ4v) is 2.18. The molecule has 1 fully saturated rings. The molecule has 0 radical (unpaired) electrons. The highest BCUT2D eigenvalue weighted by Gasteiger charge is 2.24. The van der Waals surface area contributed by atoms with E-state index in [0.29, 0.717) is 24.6 Å². The number of carbonyl (C=O) groups is 1. The van der Waals surface area contributed by atoms with Gasteiger partial charge < -0.3 is 14.0 Å². The third-order valence-electron chi connectivity index (χ3n) is 3.14. The average molecular weight is 261 g/mol. The minimum absolute atomic E-state index is 0.148. The van der Waals surface area contributed by atoms with Gasteiger partial charge in [0.25, 0.3) is 0 Å². The summed E-state index contributed by atoms with van der Waals surface area (Å²) in [5.41, 5.74) is 0.464. The predicted octanol–water partition coefficient (Wildman–Crippen LogP) is 1.16. The van der Waals surface area contributed by atoms with Gasteiger partial charge in [-0.2, -0.15) is 5.10 Å². The highest BCUT2D eigenvalue weighted by molar-refractivity contribution is 5.92. The summed E-state index contributed by atoms with van der Waals surface area (Å²) in [6.07, 6.45) is 5.88. The molecule has 0 aromatic carbocycles. The molecule has 6 heteroatoms. The van der Waals surface area contributed by atoms with Crippen molar-refractivity contribution in [3.05, 3.63) is 36.3 Å². The van der Waals surface area contributed by atoms with Gasteiger partial charge >= 0.3 is 5.97 Å². The lowest BCUT2D eigenvalue weighted by Gasteiger charge is -2.11. The molecule has 3 heterocycles. The summed E-state index contributed by atoms with van der Waals surface area (Å²) in [5.74, 6) is 0.348. The van der Waals surface area contributed by atoms with E-state index in [1.165, 1.54) is 6.20 Å². The Morgan fingerprint density at radius 2 is 2.26 bits per heavy atom. The number of hydrogen-bond acceptors (Lipinski definition) is 4. The fraction of sp³-hybridized carbons (Fsp3) is 0.385. The zero-order chi connectivity index (χ0) is 13.2. The van der Waals surface area contributed by atoms with Crippen molar-refractivity contribution in [1.82, 2.24) is 14.3 Å². The number of esters is 1. The van der Waals surface area contributed by atoms with Crippen LogP contribution in [-0.2, 0) is 16.5 Å². The standard InChI is InChI=1S/C13H15N3O3/c1-15-12(16-5-2-3-6-16)11(8-14-15)13(17)19-10-4-7-18-9-10/h2-3,5-6,8,10H,4,7,9H2,1H3/t10-/m1/s1. The molecule has 1 aliphatic heterocycles. The molecule has 0 spiro atoms. The number of rotatable bonds is 3. The molecule has 0 bridgehead atoms. The number of hydrogen-bond donors (Lipinski definition) is 0. The summed E-state index contributed by atoms with van der Waals surface area (Å²) < 4.78 is 14.1. The molecule has 100 valence electrons. The maximum absolute atomic E-state index is 12.2. The Kier molecular flexibility index (Phi) is 3.08. The summed E-state index contributed by atoms with van der Waals surface area (Å²) in [6.45, 7) is 1.13. The average Bonchev–Trinajstić information content (AvgIpc) is 3.08. The zero-order valence-corrected chi connectivity index (χ0v) is 10.7. The van der Waals surface area contributed by atoms with E-state index in [1.54, 1.807) is 11.7 Å². The van der Waals surface area contributed by atoms with E-state index in [-0.39, 0.29) is 12.1 Å². The van der Waals surface area contributed by atoms with Crippen LogP contribution in [0.15, 0.2) is 30.7 Å². The first-order valence-corrected chi connectivity index (χ1v) is 6.20. The minimum Gasteiger partial charge on any atom is -0.456 e. The van der Waals surface area contributed by atoms with Crippen molar-refractivity contribution in [1.29, 1.82) is 0 Å². The van der Waals surface area contributed by atoms with Crippen molar-refractivity contribution in [2.45, 2.75) is 12.5 Å². The molecule has 3 rings (SSSR count). The second-order valence-corrected chi connectivity index (χ2v) is 4.49. The van der Waals surface area contributed by atoms with E-state index in [9.17, 15) is 4.79 Å². The van der Waals surface area contributed by atoms with Crippen LogP contribution in [0.3, 0.4) is 0 Å². The van der Waals surface area contributed by atoms with E-state index in [4.69, 9.17) is 9.47 Å². The predicted molar refractivity (Wildman–Crippen MR) is 67.2 cm³/mol. The third-order valence-corrected chi connectivity index (χ3v) is 3.14. The van der Waals surface area contributed by atoms with Gasteiger partial charge in [-0.15, -0.1) is 0 Å². The van der Waals surface area contributed by atoms with Crippen LogP contribution in [0.4, 0.5) is 0 Å². The molecular weight excluding hydrogens is 246 g/mol. The third kappa shape index (κ3) is 2.26. The van der Waals surface area contributed by atoms with Crippen molar-refractivity contribution in [2.24, 2.45) is 7.05 Å². The van der Waals surface area contributed by atoms with Gasteiger partial charge in [-0.3, -0.25) is 4.68 Å². The minimum atomic E-state index is -0.354. The van der Waals surface area contributed by atoms with Gasteiger partial charge in [-0.25, -0.2) is 4.79 Å². The molecule has 2 aromatic rings. The van der Waals surface area contributed by atoms with Crippen molar-refractivity contribution < 1.29 is 14.3 Å². The molecule has 0 unspecified atom stereocenters. The van der Waals surface area contributed by atoms with E-state index >= 15 is 0 Å². The van der Waals surface area contributed by atoms with Gasteiger partial charge in [-0.1, -0.05) is 0 Å². The molecule has 1 saturated heterocycles. The van der Waals surface area contributed by atoms with Gasteiger partial charge in [0.05, 0.1) is 19.4 Å². The van der Waals surface area contributed by atoms with Gasteiger partial charge in [0.1, 0.15) is 17.5 Å². The second-order valence-electron chi connectivity index (χ2n) is 4.49. The van der Waals surface area contributed by atoms with Crippen molar-refractivity contribution >= 4 is 5.97 Å². The van der Waals surface area contributed by atoms with E-state index in [2.05, 4.69) is 5.10 Å². The van der Waals surface area contributed by atoms with Crippen LogP contribution in [0.1, 0.15) is 16.8 Å². The topological polar surface area (TPSA) is 58.3 Å². The summed E-state index contributed by atoms with van der Waals surface area (Å²) in [7, 11) is 1.80. The normalized spacial score (nSPS) is 18.7. The molecule has 1 aliphatic rings. The second kappa shape index (κ2) is 4.89. The Balaban J connectivity index is 1.86. The maximum atomic E-state index is 12.2. The number of ether oxygens (including phenoxy) is 2. The lowest BCUT2D eigenvalue weighted by Crippen LogP contribution is -2.19. The Labute approximate surface area is 110 Å². The highest BCUT2D eigenvalue weighted by Crippen LogP contribution is 2.17. The van der Waals surface area contributed by atoms with Crippen molar-refractivity contribution in [2.75, 3.05) is 13.2 Å². The molecule has 6 nitrogen and oxygen atoms in total. The van der Waals surface area contributed by atoms with Crippen LogP contribution in [0.25, 0.3) is 5.82 Å². The number of nitrogens with zero attached hydrogens (tertiary/aromatic N) is 3. The molecule has 2 aromatic heterocycles. The Morgan fingerprint density at radius 3 is 2.95 bits per heavy atom. The summed E-state index contributed by atoms with van der Waals surface area (Å²) in [4.78, 5) is 12.2. The van der Waals surface area contributed by atoms with Gasteiger partial charge in [-0.05, 0) is 12.1 Å². The molecule has 0 amide bonds. The molecule has 1 atom stereocenters. The summed E-state index contributed by atoms with van der Waals surface area (Å²) in [5, 5.41) is 4.13. The van der Waals surface area contributed by atoms with Gasteiger partial charge in [0.15, 0.2) is 0 Å². The van der Waals surface area contributed by atoms with Crippen LogP contribution in [0, 0.1) is 0 Å². The van der Waals surface area contributed by atoms with Gasteiger partial charge in [0.2, 0.25) is 0 Å². The summed E-state index contributed by atoms with van der Waals surface area (Å²) >= 11 is 0. The Bertz CT molecular complexity index is 568. The highest BCUT2D eigenvalue weighted by atomic mass is 16.6. The number of carbonyl (C=O) groups excluding carboxylic acids is 1. The smallest absolute Gasteiger partial charge is 0.343 e. The molecule has 0 aliphatic carbocycles. The monoisotopic (exact) mass is 261 g/mol. The van der Waals surface area contributed by atoms with Crippen LogP contribution in [0.5, 0.6) is 0 Å². The molecule has 0 N–H and O–H groups in total. The fourth-order valence-electron chi connectivity index (χ4n) is 2.18. The molecule has 19 heavy (non-hydrogen) atoms. The molecular formula is C13H15N3O3. The first kappa shape index (κ1) is 12.0. The van der Waals surface area contributed by atoms with Crippen molar-refractivity contribution in [3.8, 4) is 5.82 Å².